The van der Waals surface area contributed by atoms with E-state index >= 15 is 0 Å². The van der Waals surface area contributed by atoms with Crippen molar-refractivity contribution < 1.29 is 9.90 Å². The number of likely N-dealkylation sites (tertiary alicyclic amines) is 1. The maximum Gasteiger partial charge on any atom is 0.227 e. The number of carbonyl (C=O) groups is 1. The maximum atomic E-state index is 12.9. The second-order valence-corrected chi connectivity index (χ2v) is 10.6. The Hall–Kier alpha value is -4.01. The highest BCUT2D eigenvalue weighted by Crippen LogP contribution is 2.25. The van der Waals surface area contributed by atoms with E-state index in [4.69, 9.17) is 9.97 Å². The second-order valence-electron chi connectivity index (χ2n) is 10.6. The molecule has 3 aromatic carbocycles. The Morgan fingerprint density at radius 3 is 2.48 bits per heavy atom. The Morgan fingerprint density at radius 1 is 1.00 bits per heavy atom. The molecule has 2 heterocycles. The first-order chi connectivity index (χ1) is 19.5. The van der Waals surface area contributed by atoms with Gasteiger partial charge in [0.2, 0.25) is 11.9 Å². The van der Waals surface area contributed by atoms with Crippen LogP contribution in [-0.2, 0) is 17.9 Å². The van der Waals surface area contributed by atoms with E-state index in [1.807, 2.05) is 61.3 Å². The summed E-state index contributed by atoms with van der Waals surface area (Å²) in [6.45, 7) is 5.93. The number of anilines is 3. The molecule has 1 aromatic heterocycles. The summed E-state index contributed by atoms with van der Waals surface area (Å²) < 4.78 is 0. The lowest BCUT2D eigenvalue weighted by atomic mass is 9.95. The third-order valence-electron chi connectivity index (χ3n) is 7.51. The minimum absolute atomic E-state index is 0.0326. The number of carbonyl (C=O) groups excluding carboxylic acids is 1. The van der Waals surface area contributed by atoms with Gasteiger partial charge in [0.1, 0.15) is 5.82 Å². The minimum atomic E-state index is 0.0326. The van der Waals surface area contributed by atoms with Crippen LogP contribution in [0.4, 0.5) is 17.5 Å². The molecule has 0 unspecified atom stereocenters. The van der Waals surface area contributed by atoms with E-state index in [1.54, 1.807) is 0 Å². The number of rotatable bonds is 10. The summed E-state index contributed by atoms with van der Waals surface area (Å²) in [6.07, 6.45) is 1.76. The highest BCUT2D eigenvalue weighted by Gasteiger charge is 2.25. The molecule has 1 fully saturated rings. The molecule has 1 saturated heterocycles. The van der Waals surface area contributed by atoms with Crippen LogP contribution in [0.25, 0.3) is 10.9 Å². The first-order valence-electron chi connectivity index (χ1n) is 14.0. The van der Waals surface area contributed by atoms with Crippen molar-refractivity contribution in [3.8, 4) is 0 Å². The molecule has 3 N–H and O–H groups in total. The minimum Gasteiger partial charge on any atom is -0.395 e. The van der Waals surface area contributed by atoms with Gasteiger partial charge >= 0.3 is 0 Å². The van der Waals surface area contributed by atoms with Gasteiger partial charge in [0.05, 0.1) is 12.1 Å². The summed E-state index contributed by atoms with van der Waals surface area (Å²) in [4.78, 5) is 26.6. The Bertz CT molecular complexity index is 1420. The molecule has 0 spiro atoms. The molecule has 1 aliphatic rings. The largest absolute Gasteiger partial charge is 0.395 e. The van der Waals surface area contributed by atoms with Crippen molar-refractivity contribution in [1.29, 1.82) is 0 Å². The highest BCUT2D eigenvalue weighted by atomic mass is 16.3. The van der Waals surface area contributed by atoms with E-state index in [0.29, 0.717) is 19.0 Å². The molecule has 0 atom stereocenters. The van der Waals surface area contributed by atoms with Crippen LogP contribution >= 0.6 is 0 Å². The SMILES string of the molecule is Cc1ccc2c(NCc3ccc(NC(=O)C4CCN(Cc5ccccc5)CC4)cc3)nc(N(C)CCO)nc2c1. The summed E-state index contributed by atoms with van der Waals surface area (Å²) in [6, 6.07) is 24.6. The molecule has 40 heavy (non-hydrogen) atoms. The molecular formula is C32H38N6O2. The maximum absolute atomic E-state index is 12.9. The van der Waals surface area contributed by atoms with Gasteiger partial charge in [-0.15, -0.1) is 0 Å². The standard InChI is InChI=1S/C32H38N6O2/c1-23-8-13-28-29(20-23)35-32(37(2)18-19-39)36-30(28)33-21-24-9-11-27(12-10-24)34-31(40)26-14-16-38(17-15-26)22-25-6-4-3-5-7-25/h3-13,20,26,39H,14-19,21-22H2,1-2H3,(H,34,40)(H,33,35,36). The zero-order valence-corrected chi connectivity index (χ0v) is 23.3. The topological polar surface area (TPSA) is 93.6 Å². The van der Waals surface area contributed by atoms with Crippen LogP contribution in [0.1, 0.15) is 29.5 Å². The van der Waals surface area contributed by atoms with Gasteiger partial charge in [-0.05, 0) is 73.8 Å². The van der Waals surface area contributed by atoms with Crippen molar-refractivity contribution in [3.05, 3.63) is 89.5 Å². The van der Waals surface area contributed by atoms with Crippen LogP contribution in [-0.4, -0.2) is 59.2 Å². The number of aromatic nitrogens is 2. The molecule has 5 rings (SSSR count). The van der Waals surface area contributed by atoms with Crippen LogP contribution in [0, 0.1) is 12.8 Å². The Morgan fingerprint density at radius 2 is 1.75 bits per heavy atom. The number of aryl methyl sites for hydroxylation is 1. The quantitative estimate of drug-likeness (QED) is 0.266. The fourth-order valence-corrected chi connectivity index (χ4v) is 5.11. The second kappa shape index (κ2) is 12.9. The molecule has 4 aromatic rings. The van der Waals surface area contributed by atoms with E-state index in [-0.39, 0.29) is 18.4 Å². The lowest BCUT2D eigenvalue weighted by Crippen LogP contribution is -2.37. The predicted octanol–water partition coefficient (Wildman–Crippen LogP) is 4.83. The average Bonchev–Trinajstić information content (AvgIpc) is 2.97. The molecule has 8 heteroatoms. The molecule has 0 radical (unpaired) electrons. The monoisotopic (exact) mass is 538 g/mol. The van der Waals surface area contributed by atoms with Crippen molar-refractivity contribution in [2.45, 2.75) is 32.9 Å². The predicted molar refractivity (Wildman–Crippen MR) is 161 cm³/mol. The van der Waals surface area contributed by atoms with Crippen molar-refractivity contribution in [2.75, 3.05) is 48.8 Å². The fourth-order valence-electron chi connectivity index (χ4n) is 5.11. The van der Waals surface area contributed by atoms with Gasteiger partial charge in [-0.25, -0.2) is 4.98 Å². The Kier molecular flexibility index (Phi) is 8.88. The summed E-state index contributed by atoms with van der Waals surface area (Å²) in [7, 11) is 1.87. The average molecular weight is 539 g/mol. The zero-order valence-electron chi connectivity index (χ0n) is 23.3. The first-order valence-corrected chi connectivity index (χ1v) is 14.0. The summed E-state index contributed by atoms with van der Waals surface area (Å²) >= 11 is 0. The van der Waals surface area contributed by atoms with Gasteiger partial charge in [-0.2, -0.15) is 4.98 Å². The first kappa shape index (κ1) is 27.6. The van der Waals surface area contributed by atoms with E-state index in [1.165, 1.54) is 5.56 Å². The lowest BCUT2D eigenvalue weighted by Gasteiger charge is -2.31. The third-order valence-corrected chi connectivity index (χ3v) is 7.51. The van der Waals surface area contributed by atoms with Gasteiger partial charge < -0.3 is 20.6 Å². The van der Waals surface area contributed by atoms with Crippen molar-refractivity contribution in [1.82, 2.24) is 14.9 Å². The fraction of sp³-hybridized carbons (Fsp3) is 0.344. The van der Waals surface area contributed by atoms with E-state index in [0.717, 1.165) is 66.0 Å². The highest BCUT2D eigenvalue weighted by molar-refractivity contribution is 5.93. The Labute approximate surface area is 236 Å². The van der Waals surface area contributed by atoms with E-state index in [2.05, 4.69) is 45.9 Å². The smallest absolute Gasteiger partial charge is 0.227 e. The number of nitrogens with one attached hydrogen (secondary N) is 2. The molecule has 0 aliphatic carbocycles. The van der Waals surface area contributed by atoms with Crippen molar-refractivity contribution in [2.24, 2.45) is 5.92 Å². The van der Waals surface area contributed by atoms with Crippen LogP contribution in [0.15, 0.2) is 72.8 Å². The van der Waals surface area contributed by atoms with E-state index < -0.39 is 0 Å². The van der Waals surface area contributed by atoms with Gasteiger partial charge in [-0.3, -0.25) is 9.69 Å². The van der Waals surface area contributed by atoms with Gasteiger partial charge in [0.15, 0.2) is 0 Å². The van der Waals surface area contributed by atoms with Crippen LogP contribution in [0.5, 0.6) is 0 Å². The van der Waals surface area contributed by atoms with Gasteiger partial charge in [-0.1, -0.05) is 48.5 Å². The van der Waals surface area contributed by atoms with Crippen LogP contribution in [0.2, 0.25) is 0 Å². The number of likely N-dealkylation sites (N-methyl/N-ethyl adjacent to an activating group) is 1. The third kappa shape index (κ3) is 6.94. The number of aliphatic hydroxyl groups is 1. The van der Waals surface area contributed by atoms with Crippen LogP contribution < -0.4 is 15.5 Å². The number of piperidine rings is 1. The van der Waals surface area contributed by atoms with Crippen molar-refractivity contribution >= 4 is 34.3 Å². The number of hydrogen-bond donors (Lipinski definition) is 3. The normalized spacial score (nSPS) is 14.3. The summed E-state index contributed by atoms with van der Waals surface area (Å²) in [5.41, 5.74) is 5.20. The number of nitrogens with zero attached hydrogens (tertiary/aromatic N) is 4. The number of benzene rings is 3. The van der Waals surface area contributed by atoms with Crippen LogP contribution in [0.3, 0.4) is 0 Å². The van der Waals surface area contributed by atoms with Crippen molar-refractivity contribution in [3.63, 3.8) is 0 Å². The number of hydrogen-bond acceptors (Lipinski definition) is 7. The molecular weight excluding hydrogens is 500 g/mol. The number of amides is 1. The van der Waals surface area contributed by atoms with Gasteiger partial charge in [0, 0.05) is 43.7 Å². The lowest BCUT2D eigenvalue weighted by molar-refractivity contribution is -0.121. The molecule has 208 valence electrons. The van der Waals surface area contributed by atoms with Gasteiger partial charge in [0.25, 0.3) is 0 Å². The Balaban J connectivity index is 1.16. The number of fused-ring (bicyclic) bond motifs is 1. The molecule has 0 saturated carbocycles. The summed E-state index contributed by atoms with van der Waals surface area (Å²) in [5, 5.41) is 16.9. The van der Waals surface area contributed by atoms with E-state index in [9.17, 15) is 9.90 Å². The number of aliphatic hydroxyl groups excluding tert-OH is 1. The molecule has 0 bridgehead atoms. The molecule has 1 amide bonds. The molecule has 8 nitrogen and oxygen atoms in total. The zero-order chi connectivity index (χ0) is 27.9. The summed E-state index contributed by atoms with van der Waals surface area (Å²) in [5.74, 6) is 1.47. The molecule has 1 aliphatic heterocycles.